The van der Waals surface area contributed by atoms with E-state index in [0.717, 1.165) is 0 Å². The lowest BCUT2D eigenvalue weighted by Gasteiger charge is -2.30. The minimum atomic E-state index is -4.84. The molecule has 6 rings (SSSR count). The van der Waals surface area contributed by atoms with Crippen molar-refractivity contribution in [1.29, 1.82) is 0 Å². The monoisotopic (exact) mass is 584 g/mol. The maximum atomic E-state index is 16.6. The van der Waals surface area contributed by atoms with E-state index in [4.69, 9.17) is 15.2 Å². The average molecular weight is 585 g/mol. The molecule has 0 saturated heterocycles. The van der Waals surface area contributed by atoms with Crippen LogP contribution in [0.25, 0.3) is 33.1 Å². The Hall–Kier alpha value is -4.79. The summed E-state index contributed by atoms with van der Waals surface area (Å²) < 4.78 is 71.3. The van der Waals surface area contributed by atoms with Gasteiger partial charge in [0.1, 0.15) is 41.4 Å². The average Bonchev–Trinajstić information content (AvgIpc) is 3.34. The number of nitrogen functional groups attached to an aromatic ring is 1. The number of benzene rings is 1. The number of anilines is 2. The molecular formula is C27H24F4N8O3. The van der Waals surface area contributed by atoms with Gasteiger partial charge in [-0.1, -0.05) is 6.07 Å². The number of aryl methyl sites for hydroxylation is 1. The molecule has 0 aliphatic carbocycles. The van der Waals surface area contributed by atoms with E-state index in [-0.39, 0.29) is 77.3 Å². The van der Waals surface area contributed by atoms with Crippen molar-refractivity contribution in [3.8, 4) is 23.1 Å². The zero-order valence-corrected chi connectivity index (χ0v) is 22.3. The van der Waals surface area contributed by atoms with Crippen LogP contribution < -0.4 is 20.1 Å². The van der Waals surface area contributed by atoms with Gasteiger partial charge in [-0.05, 0) is 31.5 Å². The summed E-state index contributed by atoms with van der Waals surface area (Å²) in [5, 5.41) is 15.9. The second-order valence-corrected chi connectivity index (χ2v) is 9.67. The zero-order chi connectivity index (χ0) is 29.8. The van der Waals surface area contributed by atoms with E-state index in [1.54, 1.807) is 23.2 Å². The molecule has 0 radical (unpaired) electrons. The molecule has 0 saturated carbocycles. The lowest BCUT2D eigenvalue weighted by atomic mass is 9.94. The van der Waals surface area contributed by atoms with Gasteiger partial charge < -0.3 is 25.2 Å². The first kappa shape index (κ1) is 27.4. The Labute approximate surface area is 235 Å². The van der Waals surface area contributed by atoms with Crippen molar-refractivity contribution in [2.45, 2.75) is 26.1 Å². The minimum Gasteiger partial charge on any atom is -0.475 e. The van der Waals surface area contributed by atoms with E-state index in [2.05, 4.69) is 30.1 Å². The van der Waals surface area contributed by atoms with E-state index >= 15 is 4.39 Å². The van der Waals surface area contributed by atoms with Crippen LogP contribution >= 0.6 is 0 Å². The zero-order valence-electron chi connectivity index (χ0n) is 22.3. The number of ether oxygens (including phenoxy) is 2. The molecule has 1 aromatic carbocycles. The summed E-state index contributed by atoms with van der Waals surface area (Å²) in [6.45, 7) is 2.79. The van der Waals surface area contributed by atoms with Crippen molar-refractivity contribution < 1.29 is 32.1 Å². The predicted molar refractivity (Wildman–Crippen MR) is 145 cm³/mol. The number of rotatable bonds is 6. The Morgan fingerprint density at radius 3 is 2.81 bits per heavy atom. The van der Waals surface area contributed by atoms with Gasteiger partial charge in [-0.2, -0.15) is 28.2 Å². The molecule has 218 valence electrons. The number of nitrogens with one attached hydrogen (secondary N) is 1. The van der Waals surface area contributed by atoms with Crippen LogP contribution in [0.3, 0.4) is 0 Å². The first-order chi connectivity index (χ1) is 20.1. The van der Waals surface area contributed by atoms with Gasteiger partial charge in [0, 0.05) is 22.7 Å². The molecule has 0 spiro atoms. The number of hydrogen-bond acceptors (Lipinski definition) is 10. The van der Waals surface area contributed by atoms with Gasteiger partial charge in [0.15, 0.2) is 5.82 Å². The van der Waals surface area contributed by atoms with Gasteiger partial charge in [0.2, 0.25) is 5.88 Å². The fourth-order valence-electron chi connectivity index (χ4n) is 5.29. The Morgan fingerprint density at radius 1 is 1.26 bits per heavy atom. The fourth-order valence-corrected chi connectivity index (χ4v) is 5.29. The highest BCUT2D eigenvalue weighted by Gasteiger charge is 2.39. The third-order valence-electron chi connectivity index (χ3n) is 7.13. The molecule has 0 fully saturated rings. The predicted octanol–water partition coefficient (Wildman–Crippen LogP) is 4.34. The van der Waals surface area contributed by atoms with Gasteiger partial charge in [-0.25, -0.2) is 14.4 Å². The highest BCUT2D eigenvalue weighted by Crippen LogP contribution is 2.47. The van der Waals surface area contributed by atoms with Crippen LogP contribution in [0, 0.1) is 12.7 Å². The Bertz CT molecular complexity index is 1830. The van der Waals surface area contributed by atoms with Gasteiger partial charge in [0.25, 0.3) is 0 Å². The maximum absolute atomic E-state index is 16.6. The third-order valence-corrected chi connectivity index (χ3v) is 7.13. The first-order valence-electron chi connectivity index (χ1n) is 12.9. The molecule has 0 bridgehead atoms. The molecular weight excluding hydrogens is 560 g/mol. The number of H-pyrrole nitrogens is 1. The van der Waals surface area contributed by atoms with Gasteiger partial charge >= 0.3 is 12.2 Å². The summed E-state index contributed by atoms with van der Waals surface area (Å²) in [7, 11) is 0. The molecule has 1 aliphatic heterocycles. The quantitative estimate of drug-likeness (QED) is 0.246. The summed E-state index contributed by atoms with van der Waals surface area (Å²) in [6.07, 6.45) is -2.11. The number of nitrogens with two attached hydrogens (primary N) is 1. The van der Waals surface area contributed by atoms with Gasteiger partial charge in [-0.15, -0.1) is 0 Å². The molecule has 1 unspecified atom stereocenters. The van der Waals surface area contributed by atoms with Crippen LogP contribution in [0.1, 0.15) is 29.7 Å². The van der Waals surface area contributed by atoms with Crippen LogP contribution in [-0.2, 0) is 6.18 Å². The van der Waals surface area contributed by atoms with E-state index < -0.39 is 34.9 Å². The van der Waals surface area contributed by atoms with Crippen molar-refractivity contribution in [2.75, 3.05) is 37.0 Å². The first-order valence-corrected chi connectivity index (χ1v) is 12.9. The summed E-state index contributed by atoms with van der Waals surface area (Å²) in [5.41, 5.74) is 4.38. The number of aromatic amines is 1. The normalized spacial score (nSPS) is 14.2. The molecule has 11 nitrogen and oxygen atoms in total. The van der Waals surface area contributed by atoms with Crippen LogP contribution in [0.15, 0.2) is 30.6 Å². The highest BCUT2D eigenvalue weighted by atomic mass is 19.4. The molecule has 15 heteroatoms. The number of aliphatic hydroxyl groups is 1. The maximum Gasteiger partial charge on any atom is 0.417 e. The van der Waals surface area contributed by atoms with E-state index in [9.17, 15) is 18.3 Å². The Balaban J connectivity index is 1.66. The fraction of sp³-hybridized carbons (Fsp3) is 0.296. The Kier molecular flexibility index (Phi) is 6.68. The summed E-state index contributed by atoms with van der Waals surface area (Å²) in [5.74, 6) is -0.836. The number of alkyl halides is 3. The SMILES string of the molecule is Cc1cc2[nH]ncc2c(-c2nc3c4c(nc(OCCO)nc4c2F)N(C(C)c2cccnc2N)CCO3)c1C(F)(F)F. The number of pyridine rings is 2. The summed E-state index contributed by atoms with van der Waals surface area (Å²) in [4.78, 5) is 18.9. The van der Waals surface area contributed by atoms with Crippen molar-refractivity contribution in [1.82, 2.24) is 30.1 Å². The van der Waals surface area contributed by atoms with E-state index in [1.165, 1.54) is 19.2 Å². The second-order valence-electron chi connectivity index (χ2n) is 9.67. The van der Waals surface area contributed by atoms with Crippen LogP contribution in [0.5, 0.6) is 11.9 Å². The number of halogens is 4. The number of fused-ring (bicyclic) bond motifs is 1. The van der Waals surface area contributed by atoms with E-state index in [0.29, 0.717) is 5.56 Å². The van der Waals surface area contributed by atoms with Crippen molar-refractivity contribution >= 4 is 33.4 Å². The molecule has 42 heavy (non-hydrogen) atoms. The third kappa shape index (κ3) is 4.45. The van der Waals surface area contributed by atoms with Crippen LogP contribution in [0.2, 0.25) is 0 Å². The summed E-state index contributed by atoms with van der Waals surface area (Å²) >= 11 is 0. The lowest BCUT2D eigenvalue weighted by Crippen LogP contribution is -2.31. The number of hydrogen-bond donors (Lipinski definition) is 3. The van der Waals surface area contributed by atoms with Gasteiger partial charge in [-0.3, -0.25) is 5.10 Å². The molecule has 1 aliphatic rings. The number of aromatic nitrogens is 6. The van der Waals surface area contributed by atoms with Crippen molar-refractivity contribution in [2.24, 2.45) is 0 Å². The smallest absolute Gasteiger partial charge is 0.417 e. The van der Waals surface area contributed by atoms with E-state index in [1.807, 2.05) is 6.92 Å². The molecule has 5 heterocycles. The van der Waals surface area contributed by atoms with Crippen LogP contribution in [-0.4, -0.2) is 61.6 Å². The molecule has 4 N–H and O–H groups in total. The topological polar surface area (TPSA) is 148 Å². The number of aliphatic hydroxyl groups excluding tert-OH is 1. The standard InChI is InChI=1S/C27H24F4N8O3/c1-12-10-16-15(11-34-38-16)17(19(12)27(29,30)31)21-20(28)22-18-24(37-26(36-22)42-9-7-40)39(6-8-41-25(18)35-21)13(2)14-4-3-5-33-23(14)32/h3-5,10-11,13,40H,6-9H2,1-2H3,(H2,32,33)(H,34,38). The minimum absolute atomic E-state index is 0.0211. The van der Waals surface area contributed by atoms with Crippen molar-refractivity contribution in [3.05, 3.63) is 53.1 Å². The molecule has 5 aromatic rings. The number of nitrogens with zero attached hydrogens (tertiary/aromatic N) is 6. The lowest BCUT2D eigenvalue weighted by molar-refractivity contribution is -0.137. The Morgan fingerprint density at radius 2 is 2.07 bits per heavy atom. The van der Waals surface area contributed by atoms with Crippen molar-refractivity contribution in [3.63, 3.8) is 0 Å². The molecule has 1 atom stereocenters. The highest BCUT2D eigenvalue weighted by molar-refractivity contribution is 6.02. The van der Waals surface area contributed by atoms with Gasteiger partial charge in [0.05, 0.1) is 36.5 Å². The second kappa shape index (κ2) is 10.2. The van der Waals surface area contributed by atoms with Crippen LogP contribution in [0.4, 0.5) is 29.2 Å². The molecule has 0 amide bonds. The summed E-state index contributed by atoms with van der Waals surface area (Å²) in [6, 6.07) is 4.07. The molecule has 4 aromatic heterocycles. The largest absolute Gasteiger partial charge is 0.475 e.